The molecule has 1 atom stereocenters. The summed E-state index contributed by atoms with van der Waals surface area (Å²) >= 11 is 0. The van der Waals surface area contributed by atoms with Gasteiger partial charge in [0.05, 0.1) is 16.7 Å². The van der Waals surface area contributed by atoms with Crippen molar-refractivity contribution in [2.24, 2.45) is 11.3 Å². The van der Waals surface area contributed by atoms with Crippen molar-refractivity contribution in [3.8, 4) is 11.5 Å². The van der Waals surface area contributed by atoms with E-state index in [1.807, 2.05) is 27.7 Å². The molecule has 2 N–H and O–H groups in total. The highest BCUT2D eigenvalue weighted by molar-refractivity contribution is 7.89. The summed E-state index contributed by atoms with van der Waals surface area (Å²) in [5.74, 6) is 0.960. The van der Waals surface area contributed by atoms with Crippen molar-refractivity contribution in [2.75, 3.05) is 56.4 Å². The van der Waals surface area contributed by atoms with E-state index in [4.69, 9.17) is 10.5 Å². The first kappa shape index (κ1) is 34.1. The molecule has 3 aliphatic heterocycles. The molecule has 258 valence electrons. The van der Waals surface area contributed by atoms with Gasteiger partial charge in [-0.25, -0.2) is 22.8 Å². The number of carbonyl (C=O) groups excluding carboxylic acids is 1. The van der Waals surface area contributed by atoms with Crippen LogP contribution in [0, 0.1) is 17.2 Å². The molecule has 3 saturated heterocycles. The summed E-state index contributed by atoms with van der Waals surface area (Å²) < 4.78 is 48.6. The first-order valence-electron chi connectivity index (χ1n) is 16.8. The number of likely N-dealkylation sites (tertiary alicyclic amines) is 1. The summed E-state index contributed by atoms with van der Waals surface area (Å²) in [6.45, 7) is 13.3. The van der Waals surface area contributed by atoms with Crippen LogP contribution in [0.4, 0.5) is 15.9 Å². The highest BCUT2D eigenvalue weighted by atomic mass is 32.2. The number of aromatic nitrogens is 2. The third-order valence-corrected chi connectivity index (χ3v) is 11.8. The molecule has 1 spiro atoms. The van der Waals surface area contributed by atoms with Gasteiger partial charge in [-0.15, -0.1) is 0 Å². The third kappa shape index (κ3) is 6.99. The highest BCUT2D eigenvalue weighted by Gasteiger charge is 2.47. The minimum atomic E-state index is -3.52. The van der Waals surface area contributed by atoms with Gasteiger partial charge in [0.25, 0.3) is 5.91 Å². The fourth-order valence-corrected chi connectivity index (χ4v) is 9.02. The van der Waals surface area contributed by atoms with Gasteiger partial charge in [-0.2, -0.15) is 4.31 Å². The monoisotopic (exact) mass is 679 g/mol. The van der Waals surface area contributed by atoms with E-state index in [0.29, 0.717) is 41.2 Å². The van der Waals surface area contributed by atoms with Crippen molar-refractivity contribution in [2.45, 2.75) is 63.9 Å². The molecule has 48 heavy (non-hydrogen) atoms. The molecular formula is C35H46FN7O4S. The number of sulfonamides is 1. The molecule has 0 aliphatic carbocycles. The number of halogens is 1. The number of piperidine rings is 1. The number of rotatable bonds is 10. The number of nitrogen functional groups attached to an aromatic ring is 1. The van der Waals surface area contributed by atoms with Crippen LogP contribution in [0.5, 0.6) is 11.5 Å². The molecule has 6 rings (SSSR count). The van der Waals surface area contributed by atoms with Crippen molar-refractivity contribution in [3.05, 3.63) is 66.4 Å². The van der Waals surface area contributed by atoms with E-state index in [-0.39, 0.29) is 34.7 Å². The maximum atomic E-state index is 14.4. The van der Waals surface area contributed by atoms with Crippen LogP contribution < -0.4 is 15.4 Å². The van der Waals surface area contributed by atoms with Gasteiger partial charge >= 0.3 is 0 Å². The normalized spacial score (nSPS) is 20.0. The van der Waals surface area contributed by atoms with Gasteiger partial charge in [0, 0.05) is 63.6 Å². The lowest BCUT2D eigenvalue weighted by atomic mass is 9.72. The molecule has 3 aromatic rings. The minimum Gasteiger partial charge on any atom is -0.451 e. The quantitative estimate of drug-likeness (QED) is 0.299. The Kier molecular flexibility index (Phi) is 9.65. The van der Waals surface area contributed by atoms with Crippen LogP contribution in [0.3, 0.4) is 0 Å². The first-order valence-corrected chi connectivity index (χ1v) is 18.2. The van der Waals surface area contributed by atoms with E-state index in [2.05, 4.69) is 19.8 Å². The van der Waals surface area contributed by atoms with Gasteiger partial charge in [0.2, 0.25) is 10.0 Å². The van der Waals surface area contributed by atoms with Crippen LogP contribution in [-0.4, -0.2) is 96.3 Å². The number of ether oxygens (including phenoxy) is 1. The topological polar surface area (TPSA) is 125 Å². The van der Waals surface area contributed by atoms with Crippen molar-refractivity contribution < 1.29 is 22.3 Å². The SMILES string of the molecule is CC(C)N(C(=O)c1cc(F)ccc1Oc1cncnc1N1CC[C@@H](CN2CC3(CCN(S(=O)(=O)c4ccc(N)cc4)CC3)C2)C1)C(C)C. The summed E-state index contributed by atoms with van der Waals surface area (Å²) in [5.41, 5.74) is 6.62. The van der Waals surface area contributed by atoms with Crippen LogP contribution in [0.25, 0.3) is 0 Å². The van der Waals surface area contributed by atoms with Crippen molar-refractivity contribution in [3.63, 3.8) is 0 Å². The fraction of sp³-hybridized carbons (Fsp3) is 0.514. The van der Waals surface area contributed by atoms with Gasteiger partial charge < -0.3 is 25.2 Å². The van der Waals surface area contributed by atoms with Crippen molar-refractivity contribution >= 4 is 27.4 Å². The average Bonchev–Trinajstić information content (AvgIpc) is 3.50. The second-order valence-electron chi connectivity index (χ2n) is 14.1. The van der Waals surface area contributed by atoms with E-state index in [1.54, 1.807) is 39.7 Å². The number of carbonyl (C=O) groups is 1. The zero-order valence-corrected chi connectivity index (χ0v) is 29.0. The van der Waals surface area contributed by atoms with Crippen LogP contribution >= 0.6 is 0 Å². The Labute approximate surface area is 282 Å². The Balaban J connectivity index is 1.05. The lowest BCUT2D eigenvalue weighted by Gasteiger charge is -2.54. The summed E-state index contributed by atoms with van der Waals surface area (Å²) in [6.07, 6.45) is 5.80. The first-order chi connectivity index (χ1) is 22.8. The molecule has 2 aromatic carbocycles. The predicted octanol–water partition coefficient (Wildman–Crippen LogP) is 4.86. The Morgan fingerprint density at radius 3 is 2.40 bits per heavy atom. The molecule has 3 aliphatic rings. The van der Waals surface area contributed by atoms with Crippen molar-refractivity contribution in [1.82, 2.24) is 24.1 Å². The molecule has 0 radical (unpaired) electrons. The molecule has 3 fully saturated rings. The lowest BCUT2D eigenvalue weighted by molar-refractivity contribution is -0.0407. The second kappa shape index (κ2) is 13.6. The lowest BCUT2D eigenvalue weighted by Crippen LogP contribution is -2.61. The predicted molar refractivity (Wildman–Crippen MR) is 183 cm³/mol. The van der Waals surface area contributed by atoms with Gasteiger partial charge in [0.15, 0.2) is 11.6 Å². The molecule has 0 unspecified atom stereocenters. The van der Waals surface area contributed by atoms with Gasteiger partial charge in [-0.3, -0.25) is 4.79 Å². The van der Waals surface area contributed by atoms with Gasteiger partial charge in [-0.05, 0) is 101 Å². The molecule has 11 nitrogen and oxygen atoms in total. The summed E-state index contributed by atoms with van der Waals surface area (Å²) in [7, 11) is -3.52. The summed E-state index contributed by atoms with van der Waals surface area (Å²) in [5, 5.41) is 0. The largest absolute Gasteiger partial charge is 0.451 e. The Morgan fingerprint density at radius 1 is 1.04 bits per heavy atom. The minimum absolute atomic E-state index is 0.0728. The molecule has 1 aromatic heterocycles. The number of nitrogens with zero attached hydrogens (tertiary/aromatic N) is 6. The fourth-order valence-electron chi connectivity index (χ4n) is 7.58. The Morgan fingerprint density at radius 2 is 1.73 bits per heavy atom. The summed E-state index contributed by atoms with van der Waals surface area (Å²) in [4.78, 5) is 29.0. The molecule has 0 bridgehead atoms. The van der Waals surface area contributed by atoms with Crippen molar-refractivity contribution in [1.29, 1.82) is 0 Å². The standard InChI is InChI=1S/C35H46FN7O4S/c1-24(2)43(25(3)4)34(44)30-17-27(36)5-10-31(30)47-32-18-38-23-39-33(32)41-14-11-26(20-41)19-40-21-35(22-40)12-15-42(16-13-35)48(45,46)29-8-6-28(37)7-9-29/h5-10,17-18,23-26H,11-16,19-22,37H2,1-4H3/t26-/m0/s1. The maximum absolute atomic E-state index is 14.4. The number of anilines is 2. The zero-order chi connectivity index (χ0) is 34.2. The van der Waals surface area contributed by atoms with E-state index in [0.717, 1.165) is 52.0 Å². The van der Waals surface area contributed by atoms with Crippen LogP contribution in [0.1, 0.15) is 57.3 Å². The number of amides is 1. The highest BCUT2D eigenvalue weighted by Crippen LogP contribution is 2.43. The van der Waals surface area contributed by atoms with Crippen LogP contribution in [-0.2, 0) is 10.0 Å². The number of hydrogen-bond donors (Lipinski definition) is 1. The third-order valence-electron chi connectivity index (χ3n) is 9.92. The molecule has 13 heteroatoms. The van der Waals surface area contributed by atoms with E-state index >= 15 is 0 Å². The number of benzene rings is 2. The maximum Gasteiger partial charge on any atom is 0.258 e. The average molecular weight is 680 g/mol. The number of hydrogen-bond acceptors (Lipinski definition) is 9. The Hall–Kier alpha value is -3.81. The van der Waals surface area contributed by atoms with E-state index < -0.39 is 15.8 Å². The molecule has 0 saturated carbocycles. The Bertz CT molecular complexity index is 1710. The van der Waals surface area contributed by atoms with Gasteiger partial charge in [0.1, 0.15) is 17.9 Å². The smallest absolute Gasteiger partial charge is 0.258 e. The molecule has 1 amide bonds. The van der Waals surface area contributed by atoms with Gasteiger partial charge in [-0.1, -0.05) is 0 Å². The van der Waals surface area contributed by atoms with Crippen LogP contribution in [0.2, 0.25) is 0 Å². The van der Waals surface area contributed by atoms with E-state index in [1.165, 1.54) is 24.5 Å². The zero-order valence-electron chi connectivity index (χ0n) is 28.2. The van der Waals surface area contributed by atoms with Crippen LogP contribution in [0.15, 0.2) is 59.9 Å². The van der Waals surface area contributed by atoms with E-state index in [9.17, 15) is 17.6 Å². The number of nitrogens with two attached hydrogens (primary N) is 1. The second-order valence-corrected chi connectivity index (χ2v) is 16.0. The molecule has 4 heterocycles. The summed E-state index contributed by atoms with van der Waals surface area (Å²) in [6, 6.07) is 10.3. The molecular weight excluding hydrogens is 633 g/mol.